The van der Waals surface area contributed by atoms with Crippen LogP contribution < -0.4 is 5.14 Å². The first-order chi connectivity index (χ1) is 13.1. The number of halogens is 1. The number of rotatable bonds is 5. The maximum Gasteiger partial charge on any atom is 0.340 e. The zero-order chi connectivity index (χ0) is 20.6. The largest absolute Gasteiger partial charge is 0.451 e. The number of Topliss-reactive ketones (excluding diaryl/α,β-unsaturated/α-hetero) is 1. The molecule has 1 unspecified atom stereocenters. The Kier molecular flexibility index (Phi) is 5.29. The van der Waals surface area contributed by atoms with Gasteiger partial charge in [0.05, 0.1) is 15.5 Å². The van der Waals surface area contributed by atoms with E-state index < -0.39 is 22.1 Å². The molecule has 0 saturated heterocycles. The van der Waals surface area contributed by atoms with Crippen LogP contribution in [-0.2, 0) is 14.8 Å². The quantitative estimate of drug-likeness (QED) is 0.485. The molecule has 3 N–H and O–H groups in total. The molecule has 0 saturated carbocycles. The highest BCUT2D eigenvalue weighted by Gasteiger charge is 2.26. The zero-order valence-electron chi connectivity index (χ0n) is 15.0. The molecule has 0 aliphatic carbocycles. The highest BCUT2D eigenvalue weighted by atomic mass is 35.5. The topological polar surface area (TPSA) is 119 Å². The maximum atomic E-state index is 12.9. The number of para-hydroxylation sites is 1. The summed E-state index contributed by atoms with van der Waals surface area (Å²) >= 11 is 5.98. The summed E-state index contributed by atoms with van der Waals surface area (Å²) in [5.41, 5.74) is 1.69. The molecule has 0 aliphatic rings. The summed E-state index contributed by atoms with van der Waals surface area (Å²) in [6.07, 6.45) is -1.11. The van der Waals surface area contributed by atoms with Crippen molar-refractivity contribution in [3.05, 3.63) is 64.3 Å². The molecule has 2 aromatic carbocycles. The number of aromatic amines is 1. The highest BCUT2D eigenvalue weighted by Crippen LogP contribution is 2.25. The summed E-state index contributed by atoms with van der Waals surface area (Å²) in [5.74, 6) is -1.31. The molecule has 0 radical (unpaired) electrons. The van der Waals surface area contributed by atoms with Crippen molar-refractivity contribution in [1.82, 2.24) is 4.98 Å². The summed E-state index contributed by atoms with van der Waals surface area (Å²) in [6, 6.07) is 10.7. The van der Waals surface area contributed by atoms with Crippen molar-refractivity contribution < 1.29 is 22.7 Å². The number of ether oxygens (including phenoxy) is 1. The van der Waals surface area contributed by atoms with Gasteiger partial charge in [0.1, 0.15) is 0 Å². The minimum atomic E-state index is -4.02. The first-order valence-corrected chi connectivity index (χ1v) is 10.2. The number of H-pyrrole nitrogens is 1. The zero-order valence-corrected chi connectivity index (χ0v) is 16.6. The van der Waals surface area contributed by atoms with Crippen molar-refractivity contribution in [3.63, 3.8) is 0 Å². The van der Waals surface area contributed by atoms with Gasteiger partial charge in [-0.05, 0) is 38.1 Å². The van der Waals surface area contributed by atoms with Crippen LogP contribution in [0.3, 0.4) is 0 Å². The van der Waals surface area contributed by atoms with Gasteiger partial charge >= 0.3 is 5.97 Å². The third-order valence-electron chi connectivity index (χ3n) is 4.28. The van der Waals surface area contributed by atoms with E-state index in [1.807, 2.05) is 18.2 Å². The van der Waals surface area contributed by atoms with Crippen molar-refractivity contribution >= 4 is 44.3 Å². The number of nitrogens with one attached hydrogen (secondary N) is 1. The van der Waals surface area contributed by atoms with E-state index in [4.69, 9.17) is 21.5 Å². The lowest BCUT2D eigenvalue weighted by atomic mass is 10.0. The second kappa shape index (κ2) is 7.38. The van der Waals surface area contributed by atoms with E-state index in [9.17, 15) is 18.0 Å². The SMILES string of the molecule is Cc1[nH]c2ccccc2c1C(=O)C(C)OC(=O)c1cc(S(N)(=O)=O)ccc1Cl. The summed E-state index contributed by atoms with van der Waals surface area (Å²) in [4.78, 5) is 28.2. The molecule has 146 valence electrons. The normalized spacial score (nSPS) is 12.7. The Morgan fingerprint density at radius 3 is 2.54 bits per heavy atom. The van der Waals surface area contributed by atoms with Crippen LogP contribution in [0.25, 0.3) is 10.9 Å². The lowest BCUT2D eigenvalue weighted by Gasteiger charge is -2.14. The Hall–Kier alpha value is -2.68. The van der Waals surface area contributed by atoms with Crippen molar-refractivity contribution in [1.29, 1.82) is 0 Å². The summed E-state index contributed by atoms with van der Waals surface area (Å²) in [5, 5.41) is 5.79. The number of carbonyl (C=O) groups excluding carboxylic acids is 2. The Balaban J connectivity index is 1.88. The number of carbonyl (C=O) groups is 2. The molecule has 3 aromatic rings. The summed E-state index contributed by atoms with van der Waals surface area (Å²) in [6.45, 7) is 3.20. The molecule has 9 heteroatoms. The van der Waals surface area contributed by atoms with E-state index in [1.165, 1.54) is 19.1 Å². The number of primary sulfonamides is 1. The number of benzene rings is 2. The van der Waals surface area contributed by atoms with Crippen LogP contribution in [-0.4, -0.2) is 31.3 Å². The van der Waals surface area contributed by atoms with Gasteiger partial charge in [-0.1, -0.05) is 29.8 Å². The molecular formula is C19H17ClN2O5S. The van der Waals surface area contributed by atoms with Gasteiger partial charge in [0.15, 0.2) is 6.10 Å². The molecule has 3 rings (SSSR count). The number of aryl methyl sites for hydroxylation is 1. The third-order valence-corrected chi connectivity index (χ3v) is 5.52. The Bertz CT molecular complexity index is 1200. The Labute approximate surface area is 166 Å². The number of hydrogen-bond acceptors (Lipinski definition) is 5. The van der Waals surface area contributed by atoms with Crippen LogP contribution in [0.5, 0.6) is 0 Å². The minimum Gasteiger partial charge on any atom is -0.451 e. The molecular weight excluding hydrogens is 404 g/mol. The first kappa shape index (κ1) is 20.1. The molecule has 1 aromatic heterocycles. The van der Waals surface area contributed by atoms with Gasteiger partial charge in [-0.25, -0.2) is 18.4 Å². The second-order valence-corrected chi connectivity index (χ2v) is 8.24. The predicted molar refractivity (Wildman–Crippen MR) is 105 cm³/mol. The van der Waals surface area contributed by atoms with Gasteiger partial charge in [-0.2, -0.15) is 0 Å². The number of aromatic nitrogens is 1. The molecule has 1 heterocycles. The molecule has 0 spiro atoms. The first-order valence-electron chi connectivity index (χ1n) is 8.24. The lowest BCUT2D eigenvalue weighted by molar-refractivity contribution is 0.0319. The summed E-state index contributed by atoms with van der Waals surface area (Å²) < 4.78 is 28.2. The fraction of sp³-hybridized carbons (Fsp3) is 0.158. The molecule has 28 heavy (non-hydrogen) atoms. The molecule has 7 nitrogen and oxygen atoms in total. The van der Waals surface area contributed by atoms with Gasteiger partial charge in [-0.15, -0.1) is 0 Å². The number of sulfonamides is 1. The summed E-state index contributed by atoms with van der Waals surface area (Å²) in [7, 11) is -4.02. The average molecular weight is 421 g/mol. The second-order valence-electron chi connectivity index (χ2n) is 6.27. The van der Waals surface area contributed by atoms with Gasteiger partial charge < -0.3 is 9.72 Å². The van der Waals surface area contributed by atoms with Gasteiger partial charge in [0.25, 0.3) is 0 Å². The monoisotopic (exact) mass is 420 g/mol. The molecule has 0 amide bonds. The highest BCUT2D eigenvalue weighted by molar-refractivity contribution is 7.89. The fourth-order valence-electron chi connectivity index (χ4n) is 2.91. The van der Waals surface area contributed by atoms with Crippen molar-refractivity contribution in [2.24, 2.45) is 5.14 Å². The van der Waals surface area contributed by atoms with Crippen LogP contribution in [0.15, 0.2) is 47.4 Å². The van der Waals surface area contributed by atoms with E-state index in [1.54, 1.807) is 13.0 Å². The van der Waals surface area contributed by atoms with Gasteiger partial charge in [0, 0.05) is 22.2 Å². The van der Waals surface area contributed by atoms with E-state index in [0.29, 0.717) is 11.3 Å². The molecule has 1 atom stereocenters. The van der Waals surface area contributed by atoms with Crippen molar-refractivity contribution in [3.8, 4) is 0 Å². The van der Waals surface area contributed by atoms with Gasteiger partial charge in [0.2, 0.25) is 15.8 Å². The van der Waals surface area contributed by atoms with Crippen molar-refractivity contribution in [2.75, 3.05) is 0 Å². The van der Waals surface area contributed by atoms with Crippen LogP contribution in [0.4, 0.5) is 0 Å². The van der Waals surface area contributed by atoms with E-state index in [0.717, 1.165) is 17.0 Å². The molecule has 0 aliphatic heterocycles. The van der Waals surface area contributed by atoms with E-state index in [2.05, 4.69) is 4.98 Å². The number of esters is 1. The van der Waals surface area contributed by atoms with Crippen LogP contribution in [0.2, 0.25) is 5.02 Å². The molecule has 0 fully saturated rings. The molecule has 0 bridgehead atoms. The smallest absolute Gasteiger partial charge is 0.340 e. The number of ketones is 1. The van der Waals surface area contributed by atoms with Gasteiger partial charge in [-0.3, -0.25) is 4.79 Å². The maximum absolute atomic E-state index is 12.9. The standard InChI is InChI=1S/C19H17ClN2O5S/c1-10-17(13-5-3-4-6-16(13)22-10)18(23)11(2)27-19(24)14-9-12(28(21,25)26)7-8-15(14)20/h3-9,11,22H,1-2H3,(H2,21,25,26). The van der Waals surface area contributed by atoms with E-state index in [-0.39, 0.29) is 21.3 Å². The number of hydrogen-bond donors (Lipinski definition) is 2. The fourth-order valence-corrected chi connectivity index (χ4v) is 3.65. The van der Waals surface area contributed by atoms with Crippen LogP contribution in [0.1, 0.15) is 33.3 Å². The predicted octanol–water partition coefficient (Wildman–Crippen LogP) is 3.21. The third kappa shape index (κ3) is 3.80. The van der Waals surface area contributed by atoms with E-state index >= 15 is 0 Å². The lowest BCUT2D eigenvalue weighted by Crippen LogP contribution is -2.25. The Morgan fingerprint density at radius 1 is 1.18 bits per heavy atom. The number of nitrogens with two attached hydrogens (primary N) is 1. The number of fused-ring (bicyclic) bond motifs is 1. The Morgan fingerprint density at radius 2 is 1.86 bits per heavy atom. The van der Waals surface area contributed by atoms with Crippen molar-refractivity contribution in [2.45, 2.75) is 24.8 Å². The average Bonchev–Trinajstić information content (AvgIpc) is 2.95. The van der Waals surface area contributed by atoms with Crippen LogP contribution >= 0.6 is 11.6 Å². The van der Waals surface area contributed by atoms with Crippen LogP contribution in [0, 0.1) is 6.92 Å². The minimum absolute atomic E-state index is 0.0136.